The van der Waals surface area contributed by atoms with Gasteiger partial charge in [0, 0.05) is 18.0 Å². The summed E-state index contributed by atoms with van der Waals surface area (Å²) in [5.41, 5.74) is 0.814. The van der Waals surface area contributed by atoms with Crippen LogP contribution < -0.4 is 0 Å². The number of carbonyl (C=O) groups excluding carboxylic acids is 1. The minimum atomic E-state index is -0.517. The van der Waals surface area contributed by atoms with Crippen LogP contribution in [0.15, 0.2) is 24.4 Å². The molecule has 4 heteroatoms. The van der Waals surface area contributed by atoms with Gasteiger partial charge in [0.1, 0.15) is 6.07 Å². The van der Waals surface area contributed by atoms with E-state index in [1.165, 1.54) is 6.08 Å². The maximum Gasteiger partial charge on any atom is 0.331 e. The fourth-order valence-corrected chi connectivity index (χ4v) is 0.757. The molecule has 0 aromatic carbocycles. The quantitative estimate of drug-likeness (QED) is 0.553. The summed E-state index contributed by atoms with van der Waals surface area (Å²) in [4.78, 5) is 13.7. The number of H-pyrrole nitrogens is 1. The van der Waals surface area contributed by atoms with Gasteiger partial charge in [-0.05, 0) is 18.2 Å². The van der Waals surface area contributed by atoms with Gasteiger partial charge in [0.2, 0.25) is 0 Å². The minimum absolute atomic E-state index is 0.214. The van der Waals surface area contributed by atoms with Crippen molar-refractivity contribution in [1.82, 2.24) is 4.98 Å². The average Bonchev–Trinajstić information content (AvgIpc) is 2.64. The first-order chi connectivity index (χ1) is 6.33. The third kappa shape index (κ3) is 3.25. The highest BCUT2D eigenvalue weighted by Gasteiger charge is 1.94. The van der Waals surface area contributed by atoms with E-state index in [2.05, 4.69) is 9.72 Å². The Kier molecular flexibility index (Phi) is 3.33. The van der Waals surface area contributed by atoms with Gasteiger partial charge >= 0.3 is 5.97 Å². The van der Waals surface area contributed by atoms with E-state index < -0.39 is 5.97 Å². The Morgan fingerprint density at radius 3 is 3.23 bits per heavy atom. The summed E-state index contributed by atoms with van der Waals surface area (Å²) in [6.07, 6.45) is 4.60. The van der Waals surface area contributed by atoms with E-state index in [1.54, 1.807) is 18.3 Å². The second kappa shape index (κ2) is 4.78. The van der Waals surface area contributed by atoms with Gasteiger partial charge in [-0.15, -0.1) is 0 Å². The lowest BCUT2D eigenvalue weighted by Crippen LogP contribution is -1.99. The molecule has 0 bridgehead atoms. The van der Waals surface area contributed by atoms with Crippen LogP contribution in [0.3, 0.4) is 0 Å². The molecule has 1 N–H and O–H groups in total. The van der Waals surface area contributed by atoms with Gasteiger partial charge in [-0.25, -0.2) is 4.79 Å². The normalized spacial score (nSPS) is 9.77. The predicted molar refractivity (Wildman–Crippen MR) is 46.4 cm³/mol. The van der Waals surface area contributed by atoms with Gasteiger partial charge in [0.15, 0.2) is 6.61 Å². The van der Waals surface area contributed by atoms with Gasteiger partial charge < -0.3 is 9.72 Å². The van der Waals surface area contributed by atoms with E-state index in [-0.39, 0.29) is 6.61 Å². The van der Waals surface area contributed by atoms with Crippen LogP contribution >= 0.6 is 0 Å². The Morgan fingerprint density at radius 2 is 2.62 bits per heavy atom. The molecule has 0 radical (unpaired) electrons. The molecule has 66 valence electrons. The first kappa shape index (κ1) is 9.07. The van der Waals surface area contributed by atoms with E-state index in [0.29, 0.717) is 0 Å². The molecule has 0 spiro atoms. The maximum absolute atomic E-state index is 10.8. The molecule has 1 heterocycles. The zero-order chi connectivity index (χ0) is 9.52. The molecule has 0 unspecified atom stereocenters. The summed E-state index contributed by atoms with van der Waals surface area (Å²) in [5.74, 6) is -0.517. The van der Waals surface area contributed by atoms with E-state index in [4.69, 9.17) is 5.26 Å². The van der Waals surface area contributed by atoms with Crippen molar-refractivity contribution in [3.8, 4) is 6.07 Å². The fraction of sp³-hybridized carbons (Fsp3) is 0.111. The van der Waals surface area contributed by atoms with Crippen LogP contribution in [0.4, 0.5) is 0 Å². The highest BCUT2D eigenvalue weighted by atomic mass is 16.5. The van der Waals surface area contributed by atoms with Crippen LogP contribution in [0.1, 0.15) is 5.69 Å². The lowest BCUT2D eigenvalue weighted by Gasteiger charge is -1.91. The number of ether oxygens (including phenoxy) is 1. The molecule has 0 aliphatic heterocycles. The zero-order valence-electron chi connectivity index (χ0n) is 6.86. The molecule has 1 aromatic heterocycles. The van der Waals surface area contributed by atoms with E-state index in [0.717, 1.165) is 5.69 Å². The fourth-order valence-electron chi connectivity index (χ4n) is 0.757. The molecule has 0 aliphatic carbocycles. The number of nitrogens with one attached hydrogen (secondary N) is 1. The summed E-state index contributed by atoms with van der Waals surface area (Å²) >= 11 is 0. The van der Waals surface area contributed by atoms with Crippen molar-refractivity contribution in [2.75, 3.05) is 6.61 Å². The van der Waals surface area contributed by atoms with Crippen molar-refractivity contribution in [1.29, 1.82) is 5.26 Å². The third-order valence-corrected chi connectivity index (χ3v) is 1.30. The Hall–Kier alpha value is -2.02. The summed E-state index contributed by atoms with van der Waals surface area (Å²) in [5, 5.41) is 8.11. The summed E-state index contributed by atoms with van der Waals surface area (Å²) in [6, 6.07) is 5.34. The second-order valence-corrected chi connectivity index (χ2v) is 2.22. The van der Waals surface area contributed by atoms with Gasteiger partial charge in [0.25, 0.3) is 0 Å². The molecule has 1 rings (SSSR count). The minimum Gasteiger partial charge on any atom is -0.447 e. The molecule has 4 nitrogen and oxygen atoms in total. The average molecular weight is 176 g/mol. The van der Waals surface area contributed by atoms with Crippen LogP contribution in [0.5, 0.6) is 0 Å². The standard InChI is InChI=1S/C9H8N2O2/c10-5-7-13-9(12)4-3-8-2-1-6-11-8/h1-4,6,11H,7H2/b4-3+. The second-order valence-electron chi connectivity index (χ2n) is 2.22. The Balaban J connectivity index is 2.41. The number of carbonyl (C=O) groups is 1. The predicted octanol–water partition coefficient (Wildman–Crippen LogP) is 1.09. The highest BCUT2D eigenvalue weighted by molar-refractivity contribution is 5.86. The molecule has 0 aliphatic rings. The molecule has 13 heavy (non-hydrogen) atoms. The van der Waals surface area contributed by atoms with Gasteiger partial charge in [-0.1, -0.05) is 0 Å². The number of nitrogens with zero attached hydrogens (tertiary/aromatic N) is 1. The first-order valence-electron chi connectivity index (χ1n) is 3.68. The highest BCUT2D eigenvalue weighted by Crippen LogP contribution is 1.97. The summed E-state index contributed by atoms with van der Waals surface area (Å²) in [7, 11) is 0. The summed E-state index contributed by atoms with van der Waals surface area (Å²) in [6.45, 7) is -0.214. The van der Waals surface area contributed by atoms with Crippen molar-refractivity contribution in [3.63, 3.8) is 0 Å². The number of aromatic amines is 1. The summed E-state index contributed by atoms with van der Waals surface area (Å²) < 4.78 is 4.49. The molecule has 1 aromatic rings. The maximum atomic E-state index is 10.8. The van der Waals surface area contributed by atoms with Crippen LogP contribution in [-0.2, 0) is 9.53 Å². The Bertz CT molecular complexity index is 333. The van der Waals surface area contributed by atoms with Crippen LogP contribution in [0.2, 0.25) is 0 Å². The SMILES string of the molecule is N#CCOC(=O)/C=C/c1ccc[nH]1. The number of hydrogen-bond acceptors (Lipinski definition) is 3. The Labute approximate surface area is 75.4 Å². The number of aromatic nitrogens is 1. The van der Waals surface area contributed by atoms with Crippen LogP contribution in [0, 0.1) is 11.3 Å². The van der Waals surface area contributed by atoms with Gasteiger partial charge in [-0.2, -0.15) is 5.26 Å². The number of hydrogen-bond donors (Lipinski definition) is 1. The lowest BCUT2D eigenvalue weighted by atomic mass is 10.4. The molecule has 0 saturated carbocycles. The largest absolute Gasteiger partial charge is 0.447 e. The van der Waals surface area contributed by atoms with Crippen molar-refractivity contribution in [2.45, 2.75) is 0 Å². The smallest absolute Gasteiger partial charge is 0.331 e. The number of nitriles is 1. The topological polar surface area (TPSA) is 65.9 Å². The monoisotopic (exact) mass is 176 g/mol. The van der Waals surface area contributed by atoms with Crippen LogP contribution in [0.25, 0.3) is 6.08 Å². The number of rotatable bonds is 3. The number of esters is 1. The zero-order valence-corrected chi connectivity index (χ0v) is 6.86. The van der Waals surface area contributed by atoms with E-state index in [9.17, 15) is 4.79 Å². The van der Waals surface area contributed by atoms with Crippen molar-refractivity contribution >= 4 is 12.0 Å². The van der Waals surface area contributed by atoms with Gasteiger partial charge in [0.05, 0.1) is 0 Å². The van der Waals surface area contributed by atoms with E-state index in [1.807, 2.05) is 12.1 Å². The molecule has 0 fully saturated rings. The van der Waals surface area contributed by atoms with Crippen molar-refractivity contribution < 1.29 is 9.53 Å². The van der Waals surface area contributed by atoms with Crippen molar-refractivity contribution in [2.24, 2.45) is 0 Å². The van der Waals surface area contributed by atoms with E-state index >= 15 is 0 Å². The van der Waals surface area contributed by atoms with Gasteiger partial charge in [-0.3, -0.25) is 0 Å². The Morgan fingerprint density at radius 1 is 1.77 bits per heavy atom. The molecule has 0 atom stereocenters. The lowest BCUT2D eigenvalue weighted by molar-refractivity contribution is -0.136. The third-order valence-electron chi connectivity index (χ3n) is 1.30. The molecular formula is C9H8N2O2. The first-order valence-corrected chi connectivity index (χ1v) is 3.68. The molecule has 0 saturated heterocycles. The van der Waals surface area contributed by atoms with Crippen molar-refractivity contribution in [3.05, 3.63) is 30.1 Å². The molecular weight excluding hydrogens is 168 g/mol. The molecule has 0 amide bonds. The van der Waals surface area contributed by atoms with Crippen LogP contribution in [-0.4, -0.2) is 17.6 Å².